The number of ether oxygens (including phenoxy) is 1. The Morgan fingerprint density at radius 1 is 1.30 bits per heavy atom. The summed E-state index contributed by atoms with van der Waals surface area (Å²) in [5.74, 6) is 0. The van der Waals surface area contributed by atoms with Crippen molar-refractivity contribution in [2.75, 3.05) is 26.2 Å². The van der Waals surface area contributed by atoms with E-state index >= 15 is 0 Å². The minimum absolute atomic E-state index is 0.481. The zero-order valence-corrected chi connectivity index (χ0v) is 6.10. The van der Waals surface area contributed by atoms with Crippen LogP contribution in [-0.4, -0.2) is 38.4 Å². The standard InChI is InChI=1S/C7H14N2O/c1-2-8-5-6-7(1)10-4-3-9-6/h6-9H,1-5H2/t6?,7-/m1/s1. The summed E-state index contributed by atoms with van der Waals surface area (Å²) in [5.41, 5.74) is 0. The highest BCUT2D eigenvalue weighted by Crippen LogP contribution is 2.10. The molecule has 0 amide bonds. The van der Waals surface area contributed by atoms with E-state index in [1.165, 1.54) is 0 Å². The number of rotatable bonds is 0. The molecule has 1 unspecified atom stereocenters. The van der Waals surface area contributed by atoms with Gasteiger partial charge in [0.2, 0.25) is 0 Å². The van der Waals surface area contributed by atoms with Crippen molar-refractivity contribution in [1.82, 2.24) is 10.6 Å². The molecule has 2 atom stereocenters. The molecule has 2 heterocycles. The van der Waals surface area contributed by atoms with Crippen LogP contribution >= 0.6 is 0 Å². The van der Waals surface area contributed by atoms with E-state index in [1.807, 2.05) is 0 Å². The maximum atomic E-state index is 5.58. The third-order valence-corrected chi connectivity index (χ3v) is 2.26. The predicted molar refractivity (Wildman–Crippen MR) is 39.0 cm³/mol. The van der Waals surface area contributed by atoms with E-state index in [9.17, 15) is 0 Å². The van der Waals surface area contributed by atoms with Crippen LogP contribution < -0.4 is 10.6 Å². The minimum atomic E-state index is 0.481. The van der Waals surface area contributed by atoms with Gasteiger partial charge in [-0.05, 0) is 13.0 Å². The average molecular weight is 142 g/mol. The van der Waals surface area contributed by atoms with Gasteiger partial charge in [-0.15, -0.1) is 0 Å². The lowest BCUT2D eigenvalue weighted by atomic mass is 10.0. The topological polar surface area (TPSA) is 33.3 Å². The second kappa shape index (κ2) is 2.86. The Labute approximate surface area is 61.1 Å². The summed E-state index contributed by atoms with van der Waals surface area (Å²) in [5, 5.41) is 6.77. The molecule has 2 aliphatic rings. The van der Waals surface area contributed by atoms with E-state index in [0.29, 0.717) is 12.1 Å². The molecule has 2 fully saturated rings. The Balaban J connectivity index is 1.93. The second-order valence-electron chi connectivity index (χ2n) is 2.96. The van der Waals surface area contributed by atoms with Crippen molar-refractivity contribution in [3.8, 4) is 0 Å². The van der Waals surface area contributed by atoms with E-state index < -0.39 is 0 Å². The van der Waals surface area contributed by atoms with Gasteiger partial charge in [0.25, 0.3) is 0 Å². The van der Waals surface area contributed by atoms with E-state index in [-0.39, 0.29) is 0 Å². The fourth-order valence-electron chi connectivity index (χ4n) is 1.69. The Bertz CT molecular complexity index is 92.2. The van der Waals surface area contributed by atoms with Gasteiger partial charge in [0.1, 0.15) is 0 Å². The highest BCUT2D eigenvalue weighted by atomic mass is 16.5. The van der Waals surface area contributed by atoms with Crippen molar-refractivity contribution in [3.63, 3.8) is 0 Å². The maximum absolute atomic E-state index is 5.58. The third kappa shape index (κ3) is 1.17. The van der Waals surface area contributed by atoms with Crippen LogP contribution in [0.2, 0.25) is 0 Å². The second-order valence-corrected chi connectivity index (χ2v) is 2.96. The van der Waals surface area contributed by atoms with Gasteiger partial charge in [0.05, 0.1) is 12.7 Å². The number of morpholine rings is 1. The molecule has 3 nitrogen and oxygen atoms in total. The number of fused-ring (bicyclic) bond motifs is 1. The van der Waals surface area contributed by atoms with Gasteiger partial charge >= 0.3 is 0 Å². The average Bonchev–Trinajstić information content (AvgIpc) is 2.05. The molecule has 0 bridgehead atoms. The number of nitrogens with one attached hydrogen (secondary N) is 2. The molecular weight excluding hydrogens is 128 g/mol. The molecule has 0 aliphatic carbocycles. The van der Waals surface area contributed by atoms with Crippen LogP contribution in [0.4, 0.5) is 0 Å². The Morgan fingerprint density at radius 3 is 3.20 bits per heavy atom. The first-order chi connectivity index (χ1) is 4.97. The largest absolute Gasteiger partial charge is 0.375 e. The molecule has 0 aromatic heterocycles. The van der Waals surface area contributed by atoms with Crippen LogP contribution in [0.5, 0.6) is 0 Å². The van der Waals surface area contributed by atoms with Gasteiger partial charge in [0, 0.05) is 19.1 Å². The lowest BCUT2D eigenvalue weighted by molar-refractivity contribution is -0.0180. The van der Waals surface area contributed by atoms with E-state index in [0.717, 1.165) is 32.7 Å². The smallest absolute Gasteiger partial charge is 0.0753 e. The van der Waals surface area contributed by atoms with Crippen molar-refractivity contribution in [1.29, 1.82) is 0 Å². The summed E-state index contributed by atoms with van der Waals surface area (Å²) in [6.07, 6.45) is 1.65. The van der Waals surface area contributed by atoms with Crippen LogP contribution in [0.3, 0.4) is 0 Å². The summed E-state index contributed by atoms with van der Waals surface area (Å²) in [6.45, 7) is 4.09. The predicted octanol–water partition coefficient (Wildman–Crippen LogP) is -0.663. The van der Waals surface area contributed by atoms with Crippen LogP contribution in [0.15, 0.2) is 0 Å². The Hall–Kier alpha value is -0.120. The lowest BCUT2D eigenvalue weighted by Gasteiger charge is -2.36. The zero-order valence-electron chi connectivity index (χ0n) is 6.10. The zero-order chi connectivity index (χ0) is 6.81. The maximum Gasteiger partial charge on any atom is 0.0753 e. The van der Waals surface area contributed by atoms with Crippen molar-refractivity contribution in [3.05, 3.63) is 0 Å². The van der Waals surface area contributed by atoms with Gasteiger partial charge in [-0.1, -0.05) is 0 Å². The van der Waals surface area contributed by atoms with Gasteiger partial charge in [-0.25, -0.2) is 0 Å². The summed E-state index contributed by atoms with van der Waals surface area (Å²) in [7, 11) is 0. The molecule has 2 aliphatic heterocycles. The molecule has 2 saturated heterocycles. The van der Waals surface area contributed by atoms with Crippen LogP contribution in [0.25, 0.3) is 0 Å². The molecule has 58 valence electrons. The fraction of sp³-hybridized carbons (Fsp3) is 1.00. The van der Waals surface area contributed by atoms with Crippen molar-refractivity contribution >= 4 is 0 Å². The molecule has 2 rings (SSSR count). The first-order valence-electron chi connectivity index (χ1n) is 4.02. The first kappa shape index (κ1) is 6.58. The Morgan fingerprint density at radius 2 is 2.30 bits per heavy atom. The first-order valence-corrected chi connectivity index (χ1v) is 4.02. The van der Waals surface area contributed by atoms with Crippen molar-refractivity contribution in [2.45, 2.75) is 18.6 Å². The van der Waals surface area contributed by atoms with Crippen molar-refractivity contribution < 1.29 is 4.74 Å². The molecule has 0 saturated carbocycles. The quantitative estimate of drug-likeness (QED) is 0.471. The van der Waals surface area contributed by atoms with Gasteiger partial charge in [-0.3, -0.25) is 0 Å². The molecule has 0 radical (unpaired) electrons. The molecule has 0 spiro atoms. The van der Waals surface area contributed by atoms with Gasteiger partial charge in [-0.2, -0.15) is 0 Å². The molecule has 2 N–H and O–H groups in total. The molecule has 0 aromatic rings. The summed E-state index contributed by atoms with van der Waals surface area (Å²) < 4.78 is 5.58. The molecule has 3 heteroatoms. The highest BCUT2D eigenvalue weighted by Gasteiger charge is 2.27. The van der Waals surface area contributed by atoms with E-state index in [4.69, 9.17) is 4.74 Å². The number of hydrogen-bond donors (Lipinski definition) is 2. The van der Waals surface area contributed by atoms with Gasteiger partial charge < -0.3 is 15.4 Å². The normalized spacial score (nSPS) is 40.8. The molecule has 0 aromatic carbocycles. The van der Waals surface area contributed by atoms with Crippen LogP contribution in [-0.2, 0) is 4.74 Å². The highest BCUT2D eigenvalue weighted by molar-refractivity contribution is 4.86. The van der Waals surface area contributed by atoms with E-state index in [1.54, 1.807) is 0 Å². The number of hydrogen-bond acceptors (Lipinski definition) is 3. The molecule has 10 heavy (non-hydrogen) atoms. The SMILES string of the molecule is C1C[C@H]2OCCNC2CN1. The third-order valence-electron chi connectivity index (χ3n) is 2.26. The van der Waals surface area contributed by atoms with Gasteiger partial charge in [0.15, 0.2) is 0 Å². The summed E-state index contributed by atoms with van der Waals surface area (Å²) >= 11 is 0. The summed E-state index contributed by atoms with van der Waals surface area (Å²) in [6, 6.07) is 0.572. The monoisotopic (exact) mass is 142 g/mol. The lowest BCUT2D eigenvalue weighted by Crippen LogP contribution is -2.57. The number of piperidine rings is 1. The van der Waals surface area contributed by atoms with Crippen molar-refractivity contribution in [2.24, 2.45) is 0 Å². The summed E-state index contributed by atoms with van der Waals surface area (Å²) in [4.78, 5) is 0. The van der Waals surface area contributed by atoms with Crippen LogP contribution in [0.1, 0.15) is 6.42 Å². The van der Waals surface area contributed by atoms with Crippen LogP contribution in [0, 0.1) is 0 Å². The van der Waals surface area contributed by atoms with E-state index in [2.05, 4.69) is 10.6 Å². The Kier molecular flexibility index (Phi) is 1.88. The fourth-order valence-corrected chi connectivity index (χ4v) is 1.69. The molecular formula is C7H14N2O. The minimum Gasteiger partial charge on any atom is -0.375 e.